The zero-order chi connectivity index (χ0) is 21.3. The molecule has 0 atom stereocenters. The lowest BCUT2D eigenvalue weighted by Gasteiger charge is -2.14. The van der Waals surface area contributed by atoms with Gasteiger partial charge < -0.3 is 0 Å². The highest BCUT2D eigenvalue weighted by Gasteiger charge is 2.44. The Morgan fingerprint density at radius 2 is 1.90 bits per heavy atom. The van der Waals surface area contributed by atoms with Crippen molar-refractivity contribution in [2.45, 2.75) is 59.4 Å². The van der Waals surface area contributed by atoms with Crippen molar-refractivity contribution in [3.05, 3.63) is 88.5 Å². The van der Waals surface area contributed by atoms with Gasteiger partial charge in [-0.3, -0.25) is 4.99 Å². The standard InChI is InChI=1S/C25H26N2.C2H6/c1-4-6-9-19(3)23-14-20(17-26)15-24(16-23)25(12-13-25)27-18-22-11-8-7-10-21(22)5-2;1-2/h4,6-11,14-16,18H,5,12-13H2,1-3H3;1-2H3/b6-4-,19-9+,27-18?;. The number of nitriles is 1. The van der Waals surface area contributed by atoms with Crippen LogP contribution in [-0.4, -0.2) is 6.21 Å². The van der Waals surface area contributed by atoms with Gasteiger partial charge in [0.05, 0.1) is 17.2 Å². The van der Waals surface area contributed by atoms with Crippen LogP contribution in [0.1, 0.15) is 75.3 Å². The van der Waals surface area contributed by atoms with Crippen LogP contribution in [0.15, 0.2) is 65.7 Å². The van der Waals surface area contributed by atoms with E-state index in [2.05, 4.69) is 56.3 Å². The lowest BCUT2D eigenvalue weighted by molar-refractivity contribution is 0.746. The van der Waals surface area contributed by atoms with Gasteiger partial charge in [-0.2, -0.15) is 5.26 Å². The van der Waals surface area contributed by atoms with E-state index in [1.165, 1.54) is 11.1 Å². The highest BCUT2D eigenvalue weighted by molar-refractivity contribution is 5.82. The molecule has 0 radical (unpaired) electrons. The molecule has 3 rings (SSSR count). The van der Waals surface area contributed by atoms with E-state index in [1.807, 2.05) is 51.3 Å². The number of allylic oxidation sites excluding steroid dienone is 4. The Bertz CT molecular complexity index is 951. The maximum atomic E-state index is 9.48. The SMILES string of the molecule is C/C=C\C=C(/C)c1cc(C#N)cc(C2(N=Cc3ccccc3CC)CC2)c1.CC. The van der Waals surface area contributed by atoms with Crippen molar-refractivity contribution in [1.29, 1.82) is 5.26 Å². The van der Waals surface area contributed by atoms with Gasteiger partial charge in [-0.25, -0.2) is 0 Å². The van der Waals surface area contributed by atoms with E-state index < -0.39 is 0 Å². The molecule has 0 N–H and O–H groups in total. The molecule has 2 aromatic carbocycles. The molecule has 1 saturated carbocycles. The molecule has 0 unspecified atom stereocenters. The predicted octanol–water partition coefficient (Wildman–Crippen LogP) is 7.23. The third-order valence-electron chi connectivity index (χ3n) is 5.20. The van der Waals surface area contributed by atoms with Crippen LogP contribution in [0.3, 0.4) is 0 Å². The number of benzene rings is 2. The van der Waals surface area contributed by atoms with E-state index in [1.54, 1.807) is 0 Å². The maximum Gasteiger partial charge on any atom is 0.0991 e. The molecule has 0 amide bonds. The summed E-state index contributed by atoms with van der Waals surface area (Å²) < 4.78 is 0. The van der Waals surface area contributed by atoms with E-state index in [0.29, 0.717) is 5.56 Å². The predicted molar refractivity (Wildman–Crippen MR) is 125 cm³/mol. The quantitative estimate of drug-likeness (QED) is 0.382. The first kappa shape index (κ1) is 22.4. The highest BCUT2D eigenvalue weighted by Crippen LogP contribution is 2.50. The van der Waals surface area contributed by atoms with Crippen LogP contribution in [0.4, 0.5) is 0 Å². The molecule has 29 heavy (non-hydrogen) atoms. The molecule has 2 heteroatoms. The van der Waals surface area contributed by atoms with Crippen molar-refractivity contribution >= 4 is 11.8 Å². The third kappa shape index (κ3) is 5.55. The molecule has 0 bridgehead atoms. The van der Waals surface area contributed by atoms with Gasteiger partial charge in [0.2, 0.25) is 0 Å². The lowest BCUT2D eigenvalue weighted by Crippen LogP contribution is -2.05. The number of rotatable bonds is 6. The Labute approximate surface area is 176 Å². The molecule has 1 fully saturated rings. The molecule has 150 valence electrons. The van der Waals surface area contributed by atoms with Crippen molar-refractivity contribution in [3.8, 4) is 6.07 Å². The van der Waals surface area contributed by atoms with Gasteiger partial charge in [0.15, 0.2) is 0 Å². The van der Waals surface area contributed by atoms with Gasteiger partial charge in [0, 0.05) is 6.21 Å². The summed E-state index contributed by atoms with van der Waals surface area (Å²) in [6.45, 7) is 10.3. The average Bonchev–Trinajstić information content (AvgIpc) is 3.58. The Balaban J connectivity index is 0.00000145. The smallest absolute Gasteiger partial charge is 0.0991 e. The largest absolute Gasteiger partial charge is 0.281 e. The average molecular weight is 385 g/mol. The molecule has 2 nitrogen and oxygen atoms in total. The first-order valence-corrected chi connectivity index (χ1v) is 10.6. The van der Waals surface area contributed by atoms with Gasteiger partial charge in [0.25, 0.3) is 0 Å². The number of hydrogen-bond donors (Lipinski definition) is 0. The molecule has 1 aliphatic rings. The van der Waals surface area contributed by atoms with Crippen LogP contribution in [-0.2, 0) is 12.0 Å². The Hall–Kier alpha value is -2.92. The summed E-state index contributed by atoms with van der Waals surface area (Å²) in [5.41, 5.74) is 6.42. The summed E-state index contributed by atoms with van der Waals surface area (Å²) in [5, 5.41) is 9.48. The number of aliphatic imine (C=N–C) groups is 1. The molecule has 0 heterocycles. The van der Waals surface area contributed by atoms with Crippen LogP contribution < -0.4 is 0 Å². The van der Waals surface area contributed by atoms with Gasteiger partial charge in [-0.1, -0.05) is 63.3 Å². The molecule has 0 aromatic heterocycles. The monoisotopic (exact) mass is 384 g/mol. The summed E-state index contributed by atoms with van der Waals surface area (Å²) in [6, 6.07) is 16.9. The maximum absolute atomic E-state index is 9.48. The van der Waals surface area contributed by atoms with Gasteiger partial charge in [0.1, 0.15) is 0 Å². The first-order chi connectivity index (χ1) is 14.1. The van der Waals surface area contributed by atoms with Crippen molar-refractivity contribution in [2.24, 2.45) is 4.99 Å². The summed E-state index contributed by atoms with van der Waals surface area (Å²) in [5.74, 6) is 0. The number of nitrogens with zero attached hydrogens (tertiary/aromatic N) is 2. The van der Waals surface area contributed by atoms with E-state index >= 15 is 0 Å². The lowest BCUT2D eigenvalue weighted by atomic mass is 9.95. The Morgan fingerprint density at radius 1 is 1.17 bits per heavy atom. The molecule has 0 saturated heterocycles. The summed E-state index contributed by atoms with van der Waals surface area (Å²) in [7, 11) is 0. The third-order valence-corrected chi connectivity index (χ3v) is 5.20. The van der Waals surface area contributed by atoms with Crippen molar-refractivity contribution in [3.63, 3.8) is 0 Å². The summed E-state index contributed by atoms with van der Waals surface area (Å²) in [6.07, 6.45) is 11.2. The second-order valence-electron chi connectivity index (χ2n) is 7.13. The molecule has 0 aliphatic heterocycles. The van der Waals surface area contributed by atoms with Gasteiger partial charge in [-0.15, -0.1) is 0 Å². The fourth-order valence-corrected chi connectivity index (χ4v) is 3.31. The highest BCUT2D eigenvalue weighted by atomic mass is 14.9. The van der Waals surface area contributed by atoms with Crippen LogP contribution >= 0.6 is 0 Å². The van der Waals surface area contributed by atoms with Gasteiger partial charge in [-0.05, 0) is 79.1 Å². The number of aryl methyl sites for hydroxylation is 1. The van der Waals surface area contributed by atoms with Crippen molar-refractivity contribution in [2.75, 3.05) is 0 Å². The van der Waals surface area contributed by atoms with E-state index in [9.17, 15) is 5.26 Å². The topological polar surface area (TPSA) is 36.1 Å². The van der Waals surface area contributed by atoms with E-state index in [-0.39, 0.29) is 5.54 Å². The minimum Gasteiger partial charge on any atom is -0.281 e. The minimum absolute atomic E-state index is 0.177. The zero-order valence-electron chi connectivity index (χ0n) is 18.4. The minimum atomic E-state index is -0.177. The Kier molecular flexibility index (Phi) is 8.16. The number of hydrogen-bond acceptors (Lipinski definition) is 2. The molecule has 0 spiro atoms. The Morgan fingerprint density at radius 3 is 2.52 bits per heavy atom. The first-order valence-electron chi connectivity index (χ1n) is 10.6. The van der Waals surface area contributed by atoms with Crippen molar-refractivity contribution < 1.29 is 0 Å². The second-order valence-corrected chi connectivity index (χ2v) is 7.13. The van der Waals surface area contributed by atoms with Crippen molar-refractivity contribution in [1.82, 2.24) is 0 Å². The molecular weight excluding hydrogens is 352 g/mol. The van der Waals surface area contributed by atoms with E-state index in [0.717, 1.165) is 36.0 Å². The molecule has 1 aliphatic carbocycles. The van der Waals surface area contributed by atoms with Crippen LogP contribution in [0, 0.1) is 11.3 Å². The normalized spacial score (nSPS) is 15.1. The second kappa shape index (κ2) is 10.6. The molecular formula is C27H32N2. The van der Waals surface area contributed by atoms with Crippen LogP contribution in [0.25, 0.3) is 5.57 Å². The van der Waals surface area contributed by atoms with Gasteiger partial charge >= 0.3 is 0 Å². The van der Waals surface area contributed by atoms with Crippen LogP contribution in [0.5, 0.6) is 0 Å². The fourth-order valence-electron chi connectivity index (χ4n) is 3.31. The van der Waals surface area contributed by atoms with E-state index in [4.69, 9.17) is 4.99 Å². The summed E-state index contributed by atoms with van der Waals surface area (Å²) >= 11 is 0. The summed E-state index contributed by atoms with van der Waals surface area (Å²) in [4.78, 5) is 4.99. The fraction of sp³-hybridized carbons (Fsp3) is 0.333. The molecule has 2 aromatic rings. The van der Waals surface area contributed by atoms with Crippen LogP contribution in [0.2, 0.25) is 0 Å². The zero-order valence-corrected chi connectivity index (χ0v) is 18.4.